The van der Waals surface area contributed by atoms with Crippen LogP contribution in [-0.4, -0.2) is 17.2 Å². The second-order valence-electron chi connectivity index (χ2n) is 7.77. The topological polar surface area (TPSA) is 68.4 Å². The van der Waals surface area contributed by atoms with Crippen LogP contribution in [0.25, 0.3) is 32.1 Å². The second kappa shape index (κ2) is 7.95. The highest BCUT2D eigenvalue weighted by Gasteiger charge is 2.19. The third-order valence-corrected chi connectivity index (χ3v) is 5.86. The van der Waals surface area contributed by atoms with Gasteiger partial charge in [-0.05, 0) is 54.5 Å². The van der Waals surface area contributed by atoms with Gasteiger partial charge in [-0.25, -0.2) is 4.79 Å². The Balaban J connectivity index is 1.99. The summed E-state index contributed by atoms with van der Waals surface area (Å²) >= 11 is 1.39. The van der Waals surface area contributed by atoms with Crippen LogP contribution in [0.5, 0.6) is 5.75 Å². The minimum absolute atomic E-state index is 0.124. The van der Waals surface area contributed by atoms with E-state index in [1.165, 1.54) is 16.9 Å². The number of pyridine rings is 1. The Morgan fingerprint density at radius 1 is 1.00 bits per heavy atom. The number of aromatic nitrogens is 1. The number of hydrogen-bond donors (Lipinski definition) is 1. The largest absolute Gasteiger partial charge is 0.514 e. The summed E-state index contributed by atoms with van der Waals surface area (Å²) < 4.78 is 11.4. The lowest BCUT2D eigenvalue weighted by Gasteiger charge is -2.16. The first kappa shape index (κ1) is 20.2. The van der Waals surface area contributed by atoms with Gasteiger partial charge >= 0.3 is 6.16 Å². The third kappa shape index (κ3) is 3.71. The van der Waals surface area contributed by atoms with Gasteiger partial charge < -0.3 is 14.5 Å². The molecule has 0 radical (unpaired) electrons. The quantitative estimate of drug-likeness (QED) is 0.303. The highest BCUT2D eigenvalue weighted by atomic mass is 32.1. The number of carbonyl (C=O) groups excluding carboxylic acids is 1. The molecule has 0 amide bonds. The number of H-pyrrole nitrogens is 1. The summed E-state index contributed by atoms with van der Waals surface area (Å²) in [4.78, 5) is 27.7. The Morgan fingerprint density at radius 3 is 2.40 bits per heavy atom. The van der Waals surface area contributed by atoms with Gasteiger partial charge in [-0.1, -0.05) is 38.1 Å². The molecule has 4 aromatic rings. The molecule has 0 aliphatic carbocycles. The van der Waals surface area contributed by atoms with Gasteiger partial charge in [-0.15, -0.1) is 11.3 Å². The molecule has 5 nitrogen and oxygen atoms in total. The fourth-order valence-corrected chi connectivity index (χ4v) is 4.34. The number of hydrogen-bond acceptors (Lipinski definition) is 5. The molecule has 0 aliphatic heterocycles. The van der Waals surface area contributed by atoms with Crippen LogP contribution in [0, 0.1) is 0 Å². The number of carbonyl (C=O) groups is 1. The molecule has 0 unspecified atom stereocenters. The van der Waals surface area contributed by atoms with Crippen LogP contribution < -0.4 is 10.3 Å². The van der Waals surface area contributed by atoms with E-state index in [1.54, 1.807) is 26.0 Å². The Labute approximate surface area is 178 Å². The van der Waals surface area contributed by atoms with Crippen LogP contribution in [0.1, 0.15) is 39.2 Å². The van der Waals surface area contributed by atoms with Crippen LogP contribution in [0.15, 0.2) is 52.6 Å². The third-order valence-electron chi connectivity index (χ3n) is 4.95. The average Bonchev–Trinajstić information content (AvgIpc) is 3.18. The highest BCUT2D eigenvalue weighted by molar-refractivity contribution is 7.17. The number of fused-ring (bicyclic) bond motifs is 3. The van der Waals surface area contributed by atoms with Crippen molar-refractivity contribution >= 4 is 38.5 Å². The molecule has 2 aromatic carbocycles. The second-order valence-corrected chi connectivity index (χ2v) is 8.69. The normalized spacial score (nSPS) is 11.5. The average molecular weight is 422 g/mol. The summed E-state index contributed by atoms with van der Waals surface area (Å²) in [6.07, 6.45) is -1.04. The number of aromatic amines is 1. The first-order chi connectivity index (χ1) is 14.3. The zero-order chi connectivity index (χ0) is 21.4. The molecule has 1 N–H and O–H groups in total. The van der Waals surface area contributed by atoms with Gasteiger partial charge in [0.05, 0.1) is 6.10 Å². The first-order valence-electron chi connectivity index (χ1n) is 9.90. The van der Waals surface area contributed by atoms with Crippen LogP contribution in [0.4, 0.5) is 4.79 Å². The molecule has 0 aliphatic rings. The van der Waals surface area contributed by atoms with E-state index in [0.29, 0.717) is 21.9 Å². The van der Waals surface area contributed by atoms with E-state index in [-0.39, 0.29) is 11.7 Å². The summed E-state index contributed by atoms with van der Waals surface area (Å²) in [6, 6.07) is 13.6. The Morgan fingerprint density at radius 2 is 1.73 bits per heavy atom. The molecule has 154 valence electrons. The maximum atomic E-state index is 12.5. The van der Waals surface area contributed by atoms with Crippen LogP contribution >= 0.6 is 11.3 Å². The number of nitrogens with one attached hydrogen (secondary N) is 1. The van der Waals surface area contributed by atoms with Gasteiger partial charge in [0.25, 0.3) is 5.56 Å². The molecular formula is C24H23NO4S. The van der Waals surface area contributed by atoms with Crippen molar-refractivity contribution in [1.29, 1.82) is 0 Å². The van der Waals surface area contributed by atoms with E-state index >= 15 is 0 Å². The fourth-order valence-electron chi connectivity index (χ4n) is 3.54. The molecule has 0 saturated heterocycles. The van der Waals surface area contributed by atoms with E-state index < -0.39 is 6.16 Å². The minimum atomic E-state index is -0.754. The van der Waals surface area contributed by atoms with Crippen molar-refractivity contribution < 1.29 is 14.3 Å². The predicted octanol–water partition coefficient (Wildman–Crippen LogP) is 6.46. The van der Waals surface area contributed by atoms with E-state index in [9.17, 15) is 9.59 Å². The summed E-state index contributed by atoms with van der Waals surface area (Å²) in [7, 11) is 0. The molecule has 0 atom stereocenters. The molecule has 30 heavy (non-hydrogen) atoms. The van der Waals surface area contributed by atoms with Crippen molar-refractivity contribution in [2.75, 3.05) is 0 Å². The van der Waals surface area contributed by atoms with E-state index in [0.717, 1.165) is 21.9 Å². The summed E-state index contributed by atoms with van der Waals surface area (Å²) in [5, 5.41) is 3.58. The summed E-state index contributed by atoms with van der Waals surface area (Å²) in [5.74, 6) is 0.799. The summed E-state index contributed by atoms with van der Waals surface area (Å²) in [6.45, 7) is 7.83. The molecule has 4 rings (SSSR count). The van der Waals surface area contributed by atoms with Crippen LogP contribution in [0.3, 0.4) is 0 Å². The van der Waals surface area contributed by atoms with Crippen molar-refractivity contribution in [3.05, 3.63) is 63.8 Å². The maximum Gasteiger partial charge on any atom is 0.514 e. The van der Waals surface area contributed by atoms with Gasteiger partial charge in [0, 0.05) is 21.9 Å². The lowest BCUT2D eigenvalue weighted by Crippen LogP contribution is -2.16. The SMILES string of the molecule is CC(C)OC(=O)Oc1ccc2[nH]c(=O)c3sccc3c2c1-c1ccc(C(C)C)cc1. The molecule has 2 heterocycles. The van der Waals surface area contributed by atoms with Crippen LogP contribution in [0.2, 0.25) is 0 Å². The van der Waals surface area contributed by atoms with Gasteiger partial charge in [-0.3, -0.25) is 4.79 Å². The maximum absolute atomic E-state index is 12.5. The summed E-state index contributed by atoms with van der Waals surface area (Å²) in [5.41, 5.74) is 3.44. The van der Waals surface area contributed by atoms with Crippen molar-refractivity contribution in [3.63, 3.8) is 0 Å². The molecule has 2 aromatic heterocycles. The van der Waals surface area contributed by atoms with Crippen molar-refractivity contribution in [1.82, 2.24) is 4.98 Å². The molecular weight excluding hydrogens is 398 g/mol. The highest BCUT2D eigenvalue weighted by Crippen LogP contribution is 2.40. The minimum Gasteiger partial charge on any atom is -0.431 e. The molecule has 0 bridgehead atoms. The zero-order valence-electron chi connectivity index (χ0n) is 17.3. The Hall–Kier alpha value is -3.12. The lowest BCUT2D eigenvalue weighted by atomic mass is 9.94. The van der Waals surface area contributed by atoms with Crippen molar-refractivity contribution in [3.8, 4) is 16.9 Å². The molecule has 0 spiro atoms. The standard InChI is InChI=1S/C24H23NO4S/c1-13(2)15-5-7-16(8-6-15)20-19(29-24(27)28-14(3)4)10-9-18-21(20)17-11-12-30-22(17)23(26)25-18/h5-14H,1-4H3,(H,25,26). The van der Waals surface area contributed by atoms with Gasteiger partial charge in [0.15, 0.2) is 0 Å². The van der Waals surface area contributed by atoms with Gasteiger partial charge in [-0.2, -0.15) is 0 Å². The predicted molar refractivity (Wildman–Crippen MR) is 122 cm³/mol. The Bertz CT molecular complexity index is 1280. The zero-order valence-corrected chi connectivity index (χ0v) is 18.1. The molecule has 0 saturated carbocycles. The van der Waals surface area contributed by atoms with Gasteiger partial charge in [0.2, 0.25) is 0 Å². The number of thiophene rings is 1. The van der Waals surface area contributed by atoms with Crippen molar-refractivity contribution in [2.24, 2.45) is 0 Å². The molecule has 6 heteroatoms. The fraction of sp³-hybridized carbons (Fsp3) is 0.250. The molecule has 0 fully saturated rings. The number of rotatable bonds is 4. The monoisotopic (exact) mass is 421 g/mol. The van der Waals surface area contributed by atoms with E-state index in [2.05, 4.69) is 31.0 Å². The van der Waals surface area contributed by atoms with E-state index in [1.807, 2.05) is 23.6 Å². The van der Waals surface area contributed by atoms with Gasteiger partial charge in [0.1, 0.15) is 10.4 Å². The first-order valence-corrected chi connectivity index (χ1v) is 10.8. The number of benzene rings is 2. The van der Waals surface area contributed by atoms with E-state index in [4.69, 9.17) is 9.47 Å². The smallest absolute Gasteiger partial charge is 0.431 e. The number of ether oxygens (including phenoxy) is 2. The Kier molecular flexibility index (Phi) is 5.35. The lowest BCUT2D eigenvalue weighted by molar-refractivity contribution is 0.0731. The van der Waals surface area contributed by atoms with Crippen molar-refractivity contribution in [2.45, 2.75) is 39.7 Å². The van der Waals surface area contributed by atoms with Crippen LogP contribution in [-0.2, 0) is 4.74 Å².